The zero-order chi connectivity index (χ0) is 12.4. The van der Waals surface area contributed by atoms with Gasteiger partial charge in [-0.25, -0.2) is 0 Å². The molecule has 4 nitrogen and oxygen atoms in total. The Bertz CT molecular complexity index is 416. The first kappa shape index (κ1) is 11.8. The predicted octanol–water partition coefficient (Wildman–Crippen LogP) is 1.69. The standard InChI is InChI=1S/C14H21N3O/c18-14(16-11-6-8-15-9-7-11)13-5-2-10-17(13)12-3-1-4-12/h2,5,10-12,15H,1,3-4,6-9H2,(H,16,18). The summed E-state index contributed by atoms with van der Waals surface area (Å²) < 4.78 is 2.15. The summed E-state index contributed by atoms with van der Waals surface area (Å²) in [5.41, 5.74) is 0.832. The summed E-state index contributed by atoms with van der Waals surface area (Å²) in [5.74, 6) is 0.0961. The minimum absolute atomic E-state index is 0.0961. The molecule has 1 amide bonds. The Balaban J connectivity index is 1.66. The van der Waals surface area contributed by atoms with Gasteiger partial charge in [-0.1, -0.05) is 0 Å². The molecule has 1 aliphatic heterocycles. The molecular weight excluding hydrogens is 226 g/mol. The first-order chi connectivity index (χ1) is 8.84. The number of aromatic nitrogens is 1. The topological polar surface area (TPSA) is 46.1 Å². The number of carbonyl (C=O) groups is 1. The third-order valence-electron chi connectivity index (χ3n) is 4.15. The minimum Gasteiger partial charge on any atom is -0.348 e. The van der Waals surface area contributed by atoms with E-state index in [1.165, 1.54) is 19.3 Å². The maximum Gasteiger partial charge on any atom is 0.268 e. The van der Waals surface area contributed by atoms with Crippen LogP contribution >= 0.6 is 0 Å². The lowest BCUT2D eigenvalue weighted by Crippen LogP contribution is -2.43. The van der Waals surface area contributed by atoms with Crippen molar-refractivity contribution in [2.75, 3.05) is 13.1 Å². The summed E-state index contributed by atoms with van der Waals surface area (Å²) in [6.45, 7) is 2.02. The Morgan fingerprint density at radius 2 is 2.06 bits per heavy atom. The maximum atomic E-state index is 12.3. The maximum absolute atomic E-state index is 12.3. The smallest absolute Gasteiger partial charge is 0.268 e. The van der Waals surface area contributed by atoms with Gasteiger partial charge in [0.15, 0.2) is 0 Å². The normalized spacial score (nSPS) is 21.6. The molecule has 0 aromatic carbocycles. The van der Waals surface area contributed by atoms with Gasteiger partial charge in [-0.05, 0) is 57.3 Å². The Labute approximate surface area is 108 Å². The quantitative estimate of drug-likeness (QED) is 0.854. The molecule has 1 saturated heterocycles. The Kier molecular flexibility index (Phi) is 3.37. The van der Waals surface area contributed by atoms with Gasteiger partial charge in [-0.3, -0.25) is 4.79 Å². The molecule has 0 atom stereocenters. The molecule has 0 radical (unpaired) electrons. The van der Waals surface area contributed by atoms with E-state index in [0.29, 0.717) is 12.1 Å². The summed E-state index contributed by atoms with van der Waals surface area (Å²) in [6, 6.07) is 4.81. The average molecular weight is 247 g/mol. The summed E-state index contributed by atoms with van der Waals surface area (Å²) in [6.07, 6.45) is 7.83. The van der Waals surface area contributed by atoms with Crippen molar-refractivity contribution in [3.63, 3.8) is 0 Å². The first-order valence-corrected chi connectivity index (χ1v) is 7.03. The number of hydrogen-bond acceptors (Lipinski definition) is 2. The van der Waals surface area contributed by atoms with Crippen molar-refractivity contribution >= 4 is 5.91 Å². The fourth-order valence-corrected chi connectivity index (χ4v) is 2.80. The molecule has 1 saturated carbocycles. The number of carbonyl (C=O) groups excluding carboxylic acids is 1. The van der Waals surface area contributed by atoms with Crippen LogP contribution in [0, 0.1) is 0 Å². The SMILES string of the molecule is O=C(NC1CCNCC1)c1cccn1C1CCC1. The van der Waals surface area contributed by atoms with Crippen molar-refractivity contribution < 1.29 is 4.79 Å². The number of amides is 1. The highest BCUT2D eigenvalue weighted by Crippen LogP contribution is 2.32. The molecular formula is C14H21N3O. The summed E-state index contributed by atoms with van der Waals surface area (Å²) in [4.78, 5) is 12.3. The van der Waals surface area contributed by atoms with E-state index in [2.05, 4.69) is 15.2 Å². The van der Waals surface area contributed by atoms with Gasteiger partial charge in [0, 0.05) is 18.3 Å². The molecule has 2 heterocycles. The van der Waals surface area contributed by atoms with Crippen LogP contribution in [0.25, 0.3) is 0 Å². The van der Waals surface area contributed by atoms with Gasteiger partial charge in [0.2, 0.25) is 0 Å². The molecule has 3 rings (SSSR count). The van der Waals surface area contributed by atoms with Crippen LogP contribution in [0.15, 0.2) is 18.3 Å². The molecule has 4 heteroatoms. The van der Waals surface area contributed by atoms with Gasteiger partial charge in [-0.2, -0.15) is 0 Å². The molecule has 18 heavy (non-hydrogen) atoms. The molecule has 2 aliphatic rings. The molecule has 0 bridgehead atoms. The van der Waals surface area contributed by atoms with E-state index in [1.807, 2.05) is 18.3 Å². The number of hydrogen-bond donors (Lipinski definition) is 2. The largest absolute Gasteiger partial charge is 0.348 e. The van der Waals surface area contributed by atoms with Crippen molar-refractivity contribution in [2.45, 2.75) is 44.2 Å². The zero-order valence-electron chi connectivity index (χ0n) is 10.7. The molecule has 1 aromatic rings. The van der Waals surface area contributed by atoms with Gasteiger partial charge < -0.3 is 15.2 Å². The Hall–Kier alpha value is -1.29. The second kappa shape index (κ2) is 5.14. The van der Waals surface area contributed by atoms with Crippen LogP contribution in [0.5, 0.6) is 0 Å². The van der Waals surface area contributed by atoms with E-state index >= 15 is 0 Å². The average Bonchev–Trinajstić information content (AvgIpc) is 2.77. The number of nitrogens with zero attached hydrogens (tertiary/aromatic N) is 1. The van der Waals surface area contributed by atoms with Crippen LogP contribution in [-0.4, -0.2) is 29.6 Å². The van der Waals surface area contributed by atoms with Gasteiger partial charge in [-0.15, -0.1) is 0 Å². The van der Waals surface area contributed by atoms with Crippen molar-refractivity contribution in [3.8, 4) is 0 Å². The van der Waals surface area contributed by atoms with Crippen molar-refractivity contribution in [2.24, 2.45) is 0 Å². The minimum atomic E-state index is 0.0961. The second-order valence-electron chi connectivity index (χ2n) is 5.38. The highest BCUT2D eigenvalue weighted by Gasteiger charge is 2.24. The summed E-state index contributed by atoms with van der Waals surface area (Å²) >= 11 is 0. The van der Waals surface area contributed by atoms with Gasteiger partial charge in [0.05, 0.1) is 0 Å². The van der Waals surface area contributed by atoms with Crippen molar-refractivity contribution in [1.29, 1.82) is 0 Å². The van der Waals surface area contributed by atoms with Crippen LogP contribution in [0.2, 0.25) is 0 Å². The lowest BCUT2D eigenvalue weighted by molar-refractivity contribution is 0.0914. The second-order valence-corrected chi connectivity index (χ2v) is 5.38. The fraction of sp³-hybridized carbons (Fsp3) is 0.643. The summed E-state index contributed by atoms with van der Waals surface area (Å²) in [5, 5.41) is 6.48. The third kappa shape index (κ3) is 2.29. The lowest BCUT2D eigenvalue weighted by Gasteiger charge is -2.29. The monoisotopic (exact) mass is 247 g/mol. The van der Waals surface area contributed by atoms with Gasteiger partial charge in [0.1, 0.15) is 5.69 Å². The first-order valence-electron chi connectivity index (χ1n) is 7.03. The van der Waals surface area contributed by atoms with Crippen LogP contribution in [0.4, 0.5) is 0 Å². The molecule has 1 aromatic heterocycles. The molecule has 98 valence electrons. The zero-order valence-corrected chi connectivity index (χ0v) is 10.7. The Morgan fingerprint density at radius 3 is 2.72 bits per heavy atom. The molecule has 2 N–H and O–H groups in total. The van der Waals surface area contributed by atoms with E-state index in [-0.39, 0.29) is 5.91 Å². The van der Waals surface area contributed by atoms with E-state index in [0.717, 1.165) is 31.6 Å². The number of rotatable bonds is 3. The van der Waals surface area contributed by atoms with Gasteiger partial charge >= 0.3 is 0 Å². The lowest BCUT2D eigenvalue weighted by atomic mass is 9.93. The predicted molar refractivity (Wildman–Crippen MR) is 70.7 cm³/mol. The van der Waals surface area contributed by atoms with Crippen molar-refractivity contribution in [3.05, 3.63) is 24.0 Å². The number of piperidine rings is 1. The fourth-order valence-electron chi connectivity index (χ4n) is 2.80. The van der Waals surface area contributed by atoms with Crippen LogP contribution in [0.1, 0.15) is 48.6 Å². The third-order valence-corrected chi connectivity index (χ3v) is 4.15. The molecule has 0 spiro atoms. The van der Waals surface area contributed by atoms with E-state index in [4.69, 9.17) is 0 Å². The molecule has 1 aliphatic carbocycles. The van der Waals surface area contributed by atoms with Crippen LogP contribution in [-0.2, 0) is 0 Å². The van der Waals surface area contributed by atoms with Crippen LogP contribution in [0.3, 0.4) is 0 Å². The highest BCUT2D eigenvalue weighted by atomic mass is 16.2. The van der Waals surface area contributed by atoms with Crippen LogP contribution < -0.4 is 10.6 Å². The van der Waals surface area contributed by atoms with E-state index in [1.54, 1.807) is 0 Å². The van der Waals surface area contributed by atoms with E-state index in [9.17, 15) is 4.79 Å². The number of nitrogens with one attached hydrogen (secondary N) is 2. The Morgan fingerprint density at radius 1 is 1.28 bits per heavy atom. The van der Waals surface area contributed by atoms with E-state index < -0.39 is 0 Å². The highest BCUT2D eigenvalue weighted by molar-refractivity contribution is 5.93. The molecule has 0 unspecified atom stereocenters. The molecule has 2 fully saturated rings. The summed E-state index contributed by atoms with van der Waals surface area (Å²) in [7, 11) is 0. The van der Waals surface area contributed by atoms with Gasteiger partial charge in [0.25, 0.3) is 5.91 Å². The van der Waals surface area contributed by atoms with Crippen molar-refractivity contribution in [1.82, 2.24) is 15.2 Å².